The van der Waals surface area contributed by atoms with E-state index in [1.54, 1.807) is 16.8 Å². The Morgan fingerprint density at radius 1 is 1.00 bits per heavy atom. The van der Waals surface area contributed by atoms with E-state index in [1.807, 2.05) is 42.6 Å². The van der Waals surface area contributed by atoms with Gasteiger partial charge in [0.25, 0.3) is 0 Å². The van der Waals surface area contributed by atoms with E-state index in [9.17, 15) is 9.18 Å². The molecule has 3 aromatic heterocycles. The minimum Gasteiger partial charge on any atom is -0.438 e. The summed E-state index contributed by atoms with van der Waals surface area (Å²) < 4.78 is 21.3. The highest BCUT2D eigenvalue weighted by Gasteiger charge is 2.20. The van der Waals surface area contributed by atoms with Crippen LogP contribution in [0, 0.1) is 5.82 Å². The molecule has 0 radical (unpaired) electrons. The van der Waals surface area contributed by atoms with Gasteiger partial charge in [0.05, 0.1) is 11.1 Å². The van der Waals surface area contributed by atoms with Gasteiger partial charge in [0.1, 0.15) is 23.6 Å². The lowest BCUT2D eigenvalue weighted by Gasteiger charge is -2.03. The van der Waals surface area contributed by atoms with Crippen LogP contribution in [0.2, 0.25) is 0 Å². The van der Waals surface area contributed by atoms with Crippen LogP contribution in [0.1, 0.15) is 12.8 Å². The molecule has 0 fully saturated rings. The Morgan fingerprint density at radius 3 is 2.55 bits per heavy atom. The molecule has 0 spiro atoms. The zero-order chi connectivity index (χ0) is 22.8. The summed E-state index contributed by atoms with van der Waals surface area (Å²) in [5.41, 5.74) is 9.48. The number of furan rings is 1. The summed E-state index contributed by atoms with van der Waals surface area (Å²) in [6.07, 6.45) is 4.15. The molecule has 164 valence electrons. The fraction of sp³-hybridized carbons (Fsp3) is 0.120. The van der Waals surface area contributed by atoms with E-state index in [1.165, 1.54) is 18.5 Å². The van der Waals surface area contributed by atoms with Crippen molar-refractivity contribution in [1.29, 1.82) is 0 Å². The van der Waals surface area contributed by atoms with Gasteiger partial charge < -0.3 is 10.2 Å². The van der Waals surface area contributed by atoms with Gasteiger partial charge in [-0.25, -0.2) is 14.4 Å². The average Bonchev–Trinajstić information content (AvgIpc) is 3.44. The maximum absolute atomic E-state index is 13.5. The van der Waals surface area contributed by atoms with Crippen molar-refractivity contribution in [2.24, 2.45) is 5.73 Å². The normalized spacial score (nSPS) is 11.2. The number of halogens is 1. The van der Waals surface area contributed by atoms with Crippen LogP contribution in [0.5, 0.6) is 0 Å². The van der Waals surface area contributed by atoms with Crippen molar-refractivity contribution in [3.8, 4) is 33.8 Å². The number of aryl methyl sites for hydroxylation is 1. The molecule has 7 nitrogen and oxygen atoms in total. The van der Waals surface area contributed by atoms with Gasteiger partial charge in [-0.2, -0.15) is 5.10 Å². The number of amides is 1. The van der Waals surface area contributed by atoms with E-state index in [0.717, 1.165) is 22.1 Å². The van der Waals surface area contributed by atoms with Crippen LogP contribution in [-0.2, 0) is 11.3 Å². The predicted molar refractivity (Wildman–Crippen MR) is 122 cm³/mol. The Morgan fingerprint density at radius 2 is 1.79 bits per heavy atom. The van der Waals surface area contributed by atoms with E-state index in [-0.39, 0.29) is 18.1 Å². The molecule has 0 saturated carbocycles. The molecule has 8 heteroatoms. The zero-order valence-corrected chi connectivity index (χ0v) is 17.6. The molecular weight excluding hydrogens is 421 g/mol. The van der Waals surface area contributed by atoms with Gasteiger partial charge in [0.2, 0.25) is 11.6 Å². The van der Waals surface area contributed by atoms with Crippen LogP contribution in [0.4, 0.5) is 4.39 Å². The van der Waals surface area contributed by atoms with Crippen LogP contribution in [-0.4, -0.2) is 25.7 Å². The number of rotatable bonds is 7. The predicted octanol–water partition coefficient (Wildman–Crippen LogP) is 4.82. The van der Waals surface area contributed by atoms with Crippen molar-refractivity contribution in [3.63, 3.8) is 0 Å². The van der Waals surface area contributed by atoms with Crippen LogP contribution in [0.15, 0.2) is 77.6 Å². The Labute approximate surface area is 188 Å². The van der Waals surface area contributed by atoms with Crippen LogP contribution in [0.3, 0.4) is 0 Å². The van der Waals surface area contributed by atoms with Crippen molar-refractivity contribution in [2.75, 3.05) is 0 Å². The minimum absolute atomic E-state index is 0.265. The number of nitrogens with two attached hydrogens (primary N) is 1. The van der Waals surface area contributed by atoms with E-state index in [4.69, 9.17) is 15.2 Å². The summed E-state index contributed by atoms with van der Waals surface area (Å²) in [5, 5.41) is 5.45. The molecule has 0 unspecified atom stereocenters. The molecule has 0 atom stereocenters. The maximum Gasteiger partial charge on any atom is 0.230 e. The number of benzene rings is 2. The third kappa shape index (κ3) is 4.23. The first-order valence-electron chi connectivity index (χ1n) is 10.5. The molecule has 0 aliphatic rings. The van der Waals surface area contributed by atoms with Gasteiger partial charge in [-0.1, -0.05) is 30.3 Å². The van der Waals surface area contributed by atoms with Gasteiger partial charge in [-0.05, 0) is 36.8 Å². The van der Waals surface area contributed by atoms with E-state index >= 15 is 0 Å². The molecule has 0 saturated heterocycles. The summed E-state index contributed by atoms with van der Waals surface area (Å²) in [7, 11) is 0. The highest BCUT2D eigenvalue weighted by Crippen LogP contribution is 2.36. The molecule has 5 aromatic rings. The topological polar surface area (TPSA) is 99.8 Å². The molecule has 3 heterocycles. The second-order valence-electron chi connectivity index (χ2n) is 7.65. The average molecular weight is 441 g/mol. The number of hydrogen-bond donors (Lipinski definition) is 1. The van der Waals surface area contributed by atoms with Crippen LogP contribution in [0.25, 0.3) is 44.9 Å². The van der Waals surface area contributed by atoms with Crippen molar-refractivity contribution in [1.82, 2.24) is 19.7 Å². The second kappa shape index (κ2) is 8.66. The molecular formula is C25H20FN5O2. The number of fused-ring (bicyclic) bond motifs is 1. The lowest BCUT2D eigenvalue weighted by molar-refractivity contribution is -0.118. The molecule has 5 rings (SSSR count). The van der Waals surface area contributed by atoms with Gasteiger partial charge >= 0.3 is 0 Å². The van der Waals surface area contributed by atoms with Crippen LogP contribution < -0.4 is 5.73 Å². The summed E-state index contributed by atoms with van der Waals surface area (Å²) >= 11 is 0. The fourth-order valence-corrected chi connectivity index (χ4v) is 3.76. The first-order chi connectivity index (χ1) is 16.1. The molecule has 1 amide bonds. The number of carbonyl (C=O) groups is 1. The highest BCUT2D eigenvalue weighted by molar-refractivity contribution is 5.95. The number of primary amides is 1. The molecule has 33 heavy (non-hydrogen) atoms. The minimum atomic E-state index is -0.356. The largest absolute Gasteiger partial charge is 0.438 e. The van der Waals surface area contributed by atoms with Gasteiger partial charge in [-0.3, -0.25) is 9.48 Å². The first kappa shape index (κ1) is 20.6. The van der Waals surface area contributed by atoms with Crippen molar-refractivity contribution < 1.29 is 13.6 Å². The standard InChI is InChI=1S/C25H20FN5O2/c26-18-10-8-17(9-11-18)23-20(14-31(30-23)12-4-7-22(27)32)24-19-13-21(16-5-2-1-3-6-16)33-25(19)29-15-28-24/h1-3,5-6,8-11,13-15H,4,7,12H2,(H2,27,32). The van der Waals surface area contributed by atoms with Crippen molar-refractivity contribution in [2.45, 2.75) is 19.4 Å². The Balaban J connectivity index is 1.62. The summed E-state index contributed by atoms with van der Waals surface area (Å²) in [6, 6.07) is 17.8. The first-order valence-corrected chi connectivity index (χ1v) is 10.5. The van der Waals surface area contributed by atoms with Crippen molar-refractivity contribution >= 4 is 17.0 Å². The smallest absolute Gasteiger partial charge is 0.230 e. The molecule has 0 aliphatic carbocycles. The number of nitrogens with zero attached hydrogens (tertiary/aromatic N) is 4. The van der Waals surface area contributed by atoms with Crippen LogP contribution >= 0.6 is 0 Å². The lowest BCUT2D eigenvalue weighted by Crippen LogP contribution is -2.11. The molecule has 2 aromatic carbocycles. The monoisotopic (exact) mass is 441 g/mol. The highest BCUT2D eigenvalue weighted by atomic mass is 19.1. The fourth-order valence-electron chi connectivity index (χ4n) is 3.76. The van der Waals surface area contributed by atoms with E-state index < -0.39 is 0 Å². The Hall–Kier alpha value is -4.33. The van der Waals surface area contributed by atoms with Gasteiger partial charge in [0.15, 0.2) is 0 Å². The number of aromatic nitrogens is 4. The summed E-state index contributed by atoms with van der Waals surface area (Å²) in [6.45, 7) is 0.506. The van der Waals surface area contributed by atoms with Gasteiger partial charge in [0, 0.05) is 35.9 Å². The second-order valence-corrected chi connectivity index (χ2v) is 7.65. The zero-order valence-electron chi connectivity index (χ0n) is 17.6. The Kier molecular flexibility index (Phi) is 5.40. The number of carbonyl (C=O) groups excluding carboxylic acids is 1. The SMILES string of the molecule is NC(=O)CCCn1cc(-c2ncnc3oc(-c4ccccc4)cc23)c(-c2ccc(F)cc2)n1. The van der Waals surface area contributed by atoms with E-state index in [0.29, 0.717) is 35.8 Å². The molecule has 0 bridgehead atoms. The molecule has 0 aliphatic heterocycles. The lowest BCUT2D eigenvalue weighted by atomic mass is 10.0. The van der Waals surface area contributed by atoms with E-state index in [2.05, 4.69) is 9.97 Å². The third-order valence-electron chi connectivity index (χ3n) is 5.33. The van der Waals surface area contributed by atoms with Gasteiger partial charge in [-0.15, -0.1) is 0 Å². The Bertz CT molecular complexity index is 1420. The maximum atomic E-state index is 13.5. The third-order valence-corrected chi connectivity index (χ3v) is 5.33. The van der Waals surface area contributed by atoms with Crippen molar-refractivity contribution in [3.05, 3.63) is 79.0 Å². The quantitative estimate of drug-likeness (QED) is 0.390. The molecule has 2 N–H and O–H groups in total. The summed E-state index contributed by atoms with van der Waals surface area (Å²) in [5.74, 6) is 0.00275. The number of hydrogen-bond acceptors (Lipinski definition) is 5. The summed E-state index contributed by atoms with van der Waals surface area (Å²) in [4.78, 5) is 20.0.